The van der Waals surface area contributed by atoms with E-state index in [1.807, 2.05) is 49.0 Å². The van der Waals surface area contributed by atoms with Gasteiger partial charge in [-0.05, 0) is 55.9 Å². The quantitative estimate of drug-likeness (QED) is 0.459. The average Bonchev–Trinajstić information content (AvgIpc) is 3.32. The number of nitrogens with one attached hydrogen (secondary N) is 1. The maximum atomic E-state index is 14.3. The zero-order valence-corrected chi connectivity index (χ0v) is 24.7. The SMILES string of the molecule is COc1cc(C(=O)N(C)[C@@H](CC(C)C)C(=O)N2C[C@]3(C[C@H]2C#N)C(=O)Nc2ccccc23)cc2cn(C3(C)CC3)nc12. The molecule has 2 aliphatic heterocycles. The topological polar surface area (TPSA) is 121 Å². The molecular weight excluding hydrogens is 532 g/mol. The summed E-state index contributed by atoms with van der Waals surface area (Å²) in [5, 5.41) is 18.6. The van der Waals surface area contributed by atoms with Crippen LogP contribution in [0.15, 0.2) is 42.6 Å². The Morgan fingerprint density at radius 2 is 2.00 bits per heavy atom. The minimum atomic E-state index is -0.992. The number of fused-ring (bicyclic) bond motifs is 3. The maximum Gasteiger partial charge on any atom is 0.254 e. The molecule has 42 heavy (non-hydrogen) atoms. The molecule has 3 aromatic rings. The largest absolute Gasteiger partial charge is 0.494 e. The molecule has 2 aromatic carbocycles. The molecular formula is C32H36N6O4. The number of benzene rings is 2. The van der Waals surface area contributed by atoms with Gasteiger partial charge in [0.25, 0.3) is 5.91 Å². The number of ether oxygens (including phenoxy) is 1. The lowest BCUT2D eigenvalue weighted by Crippen LogP contribution is -2.52. The van der Waals surface area contributed by atoms with Crippen LogP contribution in [0.25, 0.3) is 10.9 Å². The molecule has 2 fully saturated rings. The third-order valence-electron chi connectivity index (χ3n) is 9.25. The molecule has 1 saturated carbocycles. The Kier molecular flexibility index (Phi) is 6.52. The molecule has 1 saturated heterocycles. The molecule has 10 nitrogen and oxygen atoms in total. The summed E-state index contributed by atoms with van der Waals surface area (Å²) in [4.78, 5) is 44.5. The zero-order valence-electron chi connectivity index (χ0n) is 24.7. The Labute approximate surface area is 245 Å². The van der Waals surface area contributed by atoms with Gasteiger partial charge in [-0.2, -0.15) is 10.4 Å². The molecule has 3 amide bonds. The van der Waals surface area contributed by atoms with E-state index in [-0.39, 0.29) is 42.1 Å². The molecule has 3 heterocycles. The van der Waals surface area contributed by atoms with E-state index in [2.05, 4.69) is 18.3 Å². The van der Waals surface area contributed by atoms with E-state index in [1.165, 1.54) is 9.80 Å². The number of aromatic nitrogens is 2. The van der Waals surface area contributed by atoms with Crippen LogP contribution in [0.5, 0.6) is 5.75 Å². The summed E-state index contributed by atoms with van der Waals surface area (Å²) >= 11 is 0. The van der Waals surface area contributed by atoms with Crippen molar-refractivity contribution in [2.45, 2.75) is 69.5 Å². The molecule has 1 aliphatic carbocycles. The third kappa shape index (κ3) is 4.30. The number of likely N-dealkylation sites (tertiary alicyclic amines) is 1. The zero-order chi connectivity index (χ0) is 30.0. The van der Waals surface area contributed by atoms with Gasteiger partial charge in [0, 0.05) is 42.8 Å². The van der Waals surface area contributed by atoms with Crippen molar-refractivity contribution in [3.8, 4) is 11.8 Å². The number of nitriles is 1. The summed E-state index contributed by atoms with van der Waals surface area (Å²) in [6, 6.07) is 11.5. The summed E-state index contributed by atoms with van der Waals surface area (Å²) < 4.78 is 7.57. The molecule has 3 atom stereocenters. The molecule has 6 rings (SSSR count). The number of carbonyl (C=O) groups is 3. The van der Waals surface area contributed by atoms with Gasteiger partial charge in [-0.1, -0.05) is 32.0 Å². The van der Waals surface area contributed by atoms with E-state index in [9.17, 15) is 19.6 Å². The normalized spacial score (nSPS) is 22.6. The first-order chi connectivity index (χ1) is 20.0. The number of nitrogens with zero attached hydrogens (tertiary/aromatic N) is 5. The smallest absolute Gasteiger partial charge is 0.254 e. The third-order valence-corrected chi connectivity index (χ3v) is 9.25. The van der Waals surface area contributed by atoms with Gasteiger partial charge < -0.3 is 19.9 Å². The van der Waals surface area contributed by atoms with E-state index in [4.69, 9.17) is 9.84 Å². The molecule has 0 radical (unpaired) electrons. The second-order valence-electron chi connectivity index (χ2n) is 12.6. The van der Waals surface area contributed by atoms with Crippen LogP contribution in [0.1, 0.15) is 62.4 Å². The van der Waals surface area contributed by atoms with Gasteiger partial charge in [0.05, 0.1) is 24.1 Å². The van der Waals surface area contributed by atoms with Gasteiger partial charge in [-0.15, -0.1) is 0 Å². The molecule has 218 valence electrons. The van der Waals surface area contributed by atoms with Gasteiger partial charge in [-0.3, -0.25) is 19.1 Å². The van der Waals surface area contributed by atoms with Crippen molar-refractivity contribution in [1.29, 1.82) is 5.26 Å². The molecule has 3 aliphatic rings. The lowest BCUT2D eigenvalue weighted by Gasteiger charge is -2.33. The fraction of sp³-hybridized carbons (Fsp3) is 0.469. The van der Waals surface area contributed by atoms with Gasteiger partial charge >= 0.3 is 0 Å². The van der Waals surface area contributed by atoms with Crippen molar-refractivity contribution in [2.75, 3.05) is 26.0 Å². The van der Waals surface area contributed by atoms with Crippen molar-refractivity contribution < 1.29 is 19.1 Å². The number of rotatable bonds is 7. The molecule has 1 spiro atoms. The van der Waals surface area contributed by atoms with Crippen LogP contribution in [0.2, 0.25) is 0 Å². The highest BCUT2D eigenvalue weighted by Gasteiger charge is 2.56. The van der Waals surface area contributed by atoms with Gasteiger partial charge in [0.1, 0.15) is 23.3 Å². The molecule has 1 aromatic heterocycles. The first-order valence-corrected chi connectivity index (χ1v) is 14.5. The molecule has 0 unspecified atom stereocenters. The predicted octanol–water partition coefficient (Wildman–Crippen LogP) is 4.06. The average molecular weight is 569 g/mol. The maximum absolute atomic E-state index is 14.3. The van der Waals surface area contributed by atoms with Crippen LogP contribution in [0, 0.1) is 17.2 Å². The van der Waals surface area contributed by atoms with Crippen molar-refractivity contribution >= 4 is 34.3 Å². The number of amides is 3. The Morgan fingerprint density at radius 1 is 1.26 bits per heavy atom. The second kappa shape index (κ2) is 9.86. The van der Waals surface area contributed by atoms with Crippen LogP contribution >= 0.6 is 0 Å². The monoisotopic (exact) mass is 568 g/mol. The Morgan fingerprint density at radius 3 is 2.67 bits per heavy atom. The lowest BCUT2D eigenvalue weighted by molar-refractivity contribution is -0.136. The van der Waals surface area contributed by atoms with E-state index in [1.54, 1.807) is 26.3 Å². The van der Waals surface area contributed by atoms with Crippen molar-refractivity contribution in [3.05, 3.63) is 53.7 Å². The summed E-state index contributed by atoms with van der Waals surface area (Å²) in [5.41, 5.74) is 1.59. The second-order valence-corrected chi connectivity index (χ2v) is 12.6. The van der Waals surface area contributed by atoms with Crippen molar-refractivity contribution in [1.82, 2.24) is 19.6 Å². The van der Waals surface area contributed by atoms with Crippen molar-refractivity contribution in [2.24, 2.45) is 5.92 Å². The lowest BCUT2D eigenvalue weighted by atomic mass is 9.80. The van der Waals surface area contributed by atoms with Gasteiger partial charge in [-0.25, -0.2) is 0 Å². The van der Waals surface area contributed by atoms with Crippen molar-refractivity contribution in [3.63, 3.8) is 0 Å². The molecule has 0 bridgehead atoms. The number of hydrogen-bond donors (Lipinski definition) is 1. The standard InChI is InChI=1S/C32H36N6O4/c1-19(2)12-25(29(40)37-18-32(15-22(37)16-33)23-8-6-7-9-24(23)34-30(32)41)36(4)28(39)20-13-21-17-38(31(3)10-11-31)35-27(21)26(14-20)42-5/h6-9,13-14,17,19,22,25H,10-12,15,18H2,1-5H3,(H,34,41)/t22-,25-,32-/m0/s1. The van der Waals surface area contributed by atoms with Crippen LogP contribution < -0.4 is 10.1 Å². The Balaban J connectivity index is 1.32. The Hall–Kier alpha value is -4.39. The minimum Gasteiger partial charge on any atom is -0.494 e. The number of carbonyl (C=O) groups excluding carboxylic acids is 3. The first-order valence-electron chi connectivity index (χ1n) is 14.5. The number of para-hydroxylation sites is 1. The summed E-state index contributed by atoms with van der Waals surface area (Å²) in [5.74, 6) is -0.272. The highest BCUT2D eigenvalue weighted by atomic mass is 16.5. The van der Waals surface area contributed by atoms with E-state index >= 15 is 0 Å². The van der Waals surface area contributed by atoms with E-state index < -0.39 is 17.5 Å². The Bertz CT molecular complexity index is 1650. The van der Waals surface area contributed by atoms with Crippen LogP contribution in [0.3, 0.4) is 0 Å². The number of likely N-dealkylation sites (N-methyl/N-ethyl adjacent to an activating group) is 1. The van der Waals surface area contributed by atoms with E-state index in [0.29, 0.717) is 28.9 Å². The summed E-state index contributed by atoms with van der Waals surface area (Å²) in [7, 11) is 3.18. The van der Waals surface area contributed by atoms with Gasteiger partial charge in [0.2, 0.25) is 11.8 Å². The summed E-state index contributed by atoms with van der Waals surface area (Å²) in [6.07, 6.45) is 4.66. The highest BCUT2D eigenvalue weighted by molar-refractivity contribution is 6.07. The molecule has 10 heteroatoms. The van der Waals surface area contributed by atoms with Gasteiger partial charge in [0.15, 0.2) is 0 Å². The fourth-order valence-corrected chi connectivity index (χ4v) is 6.46. The number of hydrogen-bond acceptors (Lipinski definition) is 6. The van der Waals surface area contributed by atoms with Crippen LogP contribution in [-0.4, -0.2) is 70.1 Å². The minimum absolute atomic E-state index is 0.0130. The molecule has 1 N–H and O–H groups in total. The first kappa shape index (κ1) is 27.8. The predicted molar refractivity (Wildman–Crippen MR) is 157 cm³/mol. The fourth-order valence-electron chi connectivity index (χ4n) is 6.46. The summed E-state index contributed by atoms with van der Waals surface area (Å²) in [6.45, 7) is 6.22. The van der Waals surface area contributed by atoms with E-state index in [0.717, 1.165) is 23.8 Å². The van der Waals surface area contributed by atoms with Crippen LogP contribution in [0.4, 0.5) is 5.69 Å². The number of anilines is 1. The highest BCUT2D eigenvalue weighted by Crippen LogP contribution is 2.47. The van der Waals surface area contributed by atoms with Crippen LogP contribution in [-0.2, 0) is 20.5 Å². The number of methoxy groups -OCH3 is 1.